The Bertz CT molecular complexity index is 237. The molecular weight excluding hydrogens is 224 g/mol. The summed E-state index contributed by atoms with van der Waals surface area (Å²) >= 11 is 0. The van der Waals surface area contributed by atoms with Gasteiger partial charge < -0.3 is 15.0 Å². The Labute approximate surface area is 112 Å². The van der Waals surface area contributed by atoms with Gasteiger partial charge in [0.25, 0.3) is 0 Å². The molecule has 106 valence electrons. The summed E-state index contributed by atoms with van der Waals surface area (Å²) < 4.78 is 5.67. The molecule has 2 fully saturated rings. The highest BCUT2D eigenvalue weighted by molar-refractivity contribution is 4.93. The normalized spacial score (nSPS) is 25.3. The van der Waals surface area contributed by atoms with Crippen molar-refractivity contribution in [1.82, 2.24) is 10.2 Å². The maximum absolute atomic E-state index is 5.67. The smallest absolute Gasteiger partial charge is 0.0802 e. The Morgan fingerprint density at radius 1 is 1.28 bits per heavy atom. The van der Waals surface area contributed by atoms with Crippen molar-refractivity contribution < 1.29 is 4.74 Å². The van der Waals surface area contributed by atoms with E-state index in [4.69, 9.17) is 4.74 Å². The second kappa shape index (κ2) is 6.36. The molecule has 1 saturated heterocycles. The van der Waals surface area contributed by atoms with Crippen molar-refractivity contribution in [3.63, 3.8) is 0 Å². The number of hydrogen-bond donors (Lipinski definition) is 1. The van der Waals surface area contributed by atoms with E-state index in [1.54, 1.807) is 0 Å². The standard InChI is InChI=1S/C15H30N2O/c1-13(2)11-17-9-5-14(6-10-17)16-12-15(18-3)7-4-8-15/h13-14,16H,4-12H2,1-3H3. The second-order valence-electron chi connectivity index (χ2n) is 6.59. The summed E-state index contributed by atoms with van der Waals surface area (Å²) in [5.74, 6) is 0.793. The zero-order chi connectivity index (χ0) is 13.0. The van der Waals surface area contributed by atoms with Gasteiger partial charge in [0, 0.05) is 26.2 Å². The number of nitrogens with one attached hydrogen (secondary N) is 1. The molecule has 0 aromatic rings. The van der Waals surface area contributed by atoms with Crippen LogP contribution in [0, 0.1) is 5.92 Å². The van der Waals surface area contributed by atoms with E-state index in [0.717, 1.165) is 12.5 Å². The quantitative estimate of drug-likeness (QED) is 0.787. The summed E-state index contributed by atoms with van der Waals surface area (Å²) in [6, 6.07) is 0.709. The van der Waals surface area contributed by atoms with E-state index in [0.29, 0.717) is 6.04 Å². The summed E-state index contributed by atoms with van der Waals surface area (Å²) in [5.41, 5.74) is 0.176. The molecule has 0 aromatic heterocycles. The van der Waals surface area contributed by atoms with Gasteiger partial charge >= 0.3 is 0 Å². The van der Waals surface area contributed by atoms with Gasteiger partial charge in [0.1, 0.15) is 0 Å². The Kier molecular flexibility index (Phi) is 5.05. The van der Waals surface area contributed by atoms with E-state index < -0.39 is 0 Å². The van der Waals surface area contributed by atoms with Crippen molar-refractivity contribution in [3.05, 3.63) is 0 Å². The van der Waals surface area contributed by atoms with E-state index in [2.05, 4.69) is 24.1 Å². The van der Waals surface area contributed by atoms with Crippen LogP contribution >= 0.6 is 0 Å². The van der Waals surface area contributed by atoms with Gasteiger partial charge in [0.2, 0.25) is 0 Å². The Balaban J connectivity index is 1.64. The fraction of sp³-hybridized carbons (Fsp3) is 1.00. The molecule has 0 aromatic carbocycles. The molecule has 18 heavy (non-hydrogen) atoms. The van der Waals surface area contributed by atoms with E-state index >= 15 is 0 Å². The van der Waals surface area contributed by atoms with Crippen LogP contribution in [0.2, 0.25) is 0 Å². The summed E-state index contributed by atoms with van der Waals surface area (Å²) in [5, 5.41) is 3.74. The van der Waals surface area contributed by atoms with Crippen LogP contribution < -0.4 is 5.32 Å². The molecule has 1 heterocycles. The van der Waals surface area contributed by atoms with E-state index in [1.165, 1.54) is 51.7 Å². The molecule has 0 bridgehead atoms. The van der Waals surface area contributed by atoms with Crippen LogP contribution in [0.1, 0.15) is 46.0 Å². The molecule has 0 spiro atoms. The van der Waals surface area contributed by atoms with Crippen LogP contribution in [0.25, 0.3) is 0 Å². The zero-order valence-corrected chi connectivity index (χ0v) is 12.4. The lowest BCUT2D eigenvalue weighted by atomic mass is 9.79. The highest BCUT2D eigenvalue weighted by Gasteiger charge is 2.37. The highest BCUT2D eigenvalue weighted by Crippen LogP contribution is 2.34. The van der Waals surface area contributed by atoms with Crippen LogP contribution in [-0.4, -0.2) is 49.8 Å². The Hall–Kier alpha value is -0.120. The van der Waals surface area contributed by atoms with Crippen molar-refractivity contribution in [2.45, 2.75) is 57.6 Å². The predicted molar refractivity (Wildman–Crippen MR) is 75.9 cm³/mol. The van der Waals surface area contributed by atoms with Crippen LogP contribution in [0.3, 0.4) is 0 Å². The van der Waals surface area contributed by atoms with Gasteiger partial charge in [-0.05, 0) is 51.1 Å². The fourth-order valence-electron chi connectivity index (χ4n) is 3.19. The minimum absolute atomic E-state index is 0.176. The average Bonchev–Trinajstić information content (AvgIpc) is 2.30. The first-order valence-corrected chi connectivity index (χ1v) is 7.64. The third kappa shape index (κ3) is 3.69. The number of ether oxygens (including phenoxy) is 1. The van der Waals surface area contributed by atoms with Gasteiger partial charge in [-0.1, -0.05) is 13.8 Å². The van der Waals surface area contributed by atoms with Gasteiger partial charge in [-0.25, -0.2) is 0 Å². The van der Waals surface area contributed by atoms with E-state index in [-0.39, 0.29) is 5.60 Å². The fourth-order valence-corrected chi connectivity index (χ4v) is 3.19. The number of hydrogen-bond acceptors (Lipinski definition) is 3. The molecule has 0 radical (unpaired) electrons. The highest BCUT2D eigenvalue weighted by atomic mass is 16.5. The van der Waals surface area contributed by atoms with Crippen molar-refractivity contribution in [2.24, 2.45) is 5.92 Å². The number of likely N-dealkylation sites (tertiary alicyclic amines) is 1. The van der Waals surface area contributed by atoms with Crippen molar-refractivity contribution in [2.75, 3.05) is 33.3 Å². The molecule has 1 N–H and O–H groups in total. The molecule has 2 rings (SSSR count). The maximum Gasteiger partial charge on any atom is 0.0802 e. The van der Waals surface area contributed by atoms with Crippen LogP contribution in [0.4, 0.5) is 0 Å². The van der Waals surface area contributed by atoms with Crippen molar-refractivity contribution in [1.29, 1.82) is 0 Å². The molecule has 1 aliphatic heterocycles. The largest absolute Gasteiger partial charge is 0.377 e. The molecule has 0 amide bonds. The second-order valence-corrected chi connectivity index (χ2v) is 6.59. The van der Waals surface area contributed by atoms with E-state index in [1.807, 2.05) is 7.11 Å². The maximum atomic E-state index is 5.67. The number of methoxy groups -OCH3 is 1. The molecule has 0 unspecified atom stereocenters. The molecule has 2 aliphatic rings. The van der Waals surface area contributed by atoms with Crippen molar-refractivity contribution in [3.8, 4) is 0 Å². The third-order valence-corrected chi connectivity index (χ3v) is 4.62. The van der Waals surface area contributed by atoms with Crippen LogP contribution in [0.15, 0.2) is 0 Å². The SMILES string of the molecule is COC1(CNC2CCN(CC(C)C)CC2)CCC1. The average molecular weight is 254 g/mol. The Morgan fingerprint density at radius 2 is 1.94 bits per heavy atom. The first kappa shape index (κ1) is 14.3. The van der Waals surface area contributed by atoms with Gasteiger partial charge in [-0.2, -0.15) is 0 Å². The predicted octanol–water partition coefficient (Wildman–Crippen LogP) is 2.27. The minimum atomic E-state index is 0.176. The summed E-state index contributed by atoms with van der Waals surface area (Å²) in [4.78, 5) is 2.61. The number of piperidine rings is 1. The van der Waals surface area contributed by atoms with E-state index in [9.17, 15) is 0 Å². The monoisotopic (exact) mass is 254 g/mol. The molecule has 3 heteroatoms. The molecule has 0 atom stereocenters. The third-order valence-electron chi connectivity index (χ3n) is 4.62. The van der Waals surface area contributed by atoms with Crippen LogP contribution in [-0.2, 0) is 4.74 Å². The Morgan fingerprint density at radius 3 is 2.39 bits per heavy atom. The van der Waals surface area contributed by atoms with Crippen molar-refractivity contribution >= 4 is 0 Å². The molecular formula is C15H30N2O. The van der Waals surface area contributed by atoms with Gasteiger partial charge in [0.15, 0.2) is 0 Å². The summed E-state index contributed by atoms with van der Waals surface area (Å²) in [7, 11) is 1.87. The number of nitrogens with zero attached hydrogens (tertiary/aromatic N) is 1. The lowest BCUT2D eigenvalue weighted by Crippen LogP contribution is -2.52. The summed E-state index contributed by atoms with van der Waals surface area (Å²) in [6.45, 7) is 9.45. The first-order valence-electron chi connectivity index (χ1n) is 7.64. The first-order chi connectivity index (χ1) is 8.63. The van der Waals surface area contributed by atoms with Gasteiger partial charge in [-0.3, -0.25) is 0 Å². The lowest BCUT2D eigenvalue weighted by molar-refractivity contribution is -0.0717. The number of rotatable bonds is 6. The topological polar surface area (TPSA) is 24.5 Å². The van der Waals surface area contributed by atoms with Gasteiger partial charge in [0.05, 0.1) is 5.60 Å². The van der Waals surface area contributed by atoms with Crippen LogP contribution in [0.5, 0.6) is 0 Å². The zero-order valence-electron chi connectivity index (χ0n) is 12.4. The molecule has 3 nitrogen and oxygen atoms in total. The summed E-state index contributed by atoms with van der Waals surface area (Å²) in [6.07, 6.45) is 6.41. The van der Waals surface area contributed by atoms with Gasteiger partial charge in [-0.15, -0.1) is 0 Å². The molecule has 1 saturated carbocycles. The molecule has 1 aliphatic carbocycles. The minimum Gasteiger partial charge on any atom is -0.377 e. The lowest BCUT2D eigenvalue weighted by Gasteiger charge is -2.42.